The minimum atomic E-state index is 0.129. The van der Waals surface area contributed by atoms with E-state index in [4.69, 9.17) is 11.6 Å². The molecule has 14 heavy (non-hydrogen) atoms. The van der Waals surface area contributed by atoms with Crippen molar-refractivity contribution in [2.45, 2.75) is 19.8 Å². The number of benzene rings is 1. The van der Waals surface area contributed by atoms with Gasteiger partial charge in [0.2, 0.25) is 0 Å². The van der Waals surface area contributed by atoms with Crippen molar-refractivity contribution in [2.24, 2.45) is 0 Å². The third kappa shape index (κ3) is 2.82. The minimum Gasteiger partial charge on any atom is -0.294 e. The number of hydrogen-bond acceptors (Lipinski definition) is 1. The molecule has 1 aromatic rings. The first-order valence-electron chi connectivity index (χ1n) is 4.56. The summed E-state index contributed by atoms with van der Waals surface area (Å²) in [4.78, 5) is 11.6. The molecule has 0 aromatic heterocycles. The zero-order chi connectivity index (χ0) is 10.6. The predicted octanol–water partition coefficient (Wildman–Crippen LogP) is 3.82. The summed E-state index contributed by atoms with van der Waals surface area (Å²) in [6, 6.07) is 5.74. The smallest absolute Gasteiger partial charge is 0.164 e. The first-order valence-corrected chi connectivity index (χ1v) is 5.89. The molecule has 0 saturated carbocycles. The highest BCUT2D eigenvalue weighted by Crippen LogP contribution is 2.18. The lowest BCUT2D eigenvalue weighted by molar-refractivity contribution is 0.0988. The number of rotatable bonds is 4. The summed E-state index contributed by atoms with van der Waals surface area (Å²) in [7, 11) is 0. The third-order valence-electron chi connectivity index (χ3n) is 2.07. The number of alkyl halides is 1. The lowest BCUT2D eigenvalue weighted by Crippen LogP contribution is -2.03. The number of halogens is 2. The van der Waals surface area contributed by atoms with Crippen molar-refractivity contribution in [3.63, 3.8) is 0 Å². The summed E-state index contributed by atoms with van der Waals surface area (Å²) < 4.78 is 1.01. The van der Waals surface area contributed by atoms with Gasteiger partial charge in [0.15, 0.2) is 5.78 Å². The topological polar surface area (TPSA) is 17.1 Å². The number of carbonyl (C=O) groups is 1. The van der Waals surface area contributed by atoms with Gasteiger partial charge in [-0.05, 0) is 24.1 Å². The Kier molecular flexibility index (Phi) is 4.63. The van der Waals surface area contributed by atoms with Crippen molar-refractivity contribution in [1.82, 2.24) is 0 Å². The number of carbonyl (C=O) groups excluding carboxylic acids is 1. The van der Waals surface area contributed by atoms with Gasteiger partial charge in [0.1, 0.15) is 0 Å². The van der Waals surface area contributed by atoms with E-state index < -0.39 is 0 Å². The van der Waals surface area contributed by atoms with E-state index in [2.05, 4.69) is 15.9 Å². The van der Waals surface area contributed by atoms with Gasteiger partial charge in [0.25, 0.3) is 0 Å². The van der Waals surface area contributed by atoms with Gasteiger partial charge < -0.3 is 0 Å². The summed E-state index contributed by atoms with van der Waals surface area (Å²) in [6.07, 6.45) is 1.28. The van der Waals surface area contributed by atoms with Gasteiger partial charge in [-0.1, -0.05) is 28.9 Å². The summed E-state index contributed by atoms with van der Waals surface area (Å²) in [6.45, 7) is 2.04. The standard InChI is InChI=1S/C11H12BrClO/c1-2-8-7-9(12)3-4-10(8)11(14)5-6-13/h3-4,7H,2,5-6H2,1H3. The van der Waals surface area contributed by atoms with Crippen LogP contribution in [0.25, 0.3) is 0 Å². The van der Waals surface area contributed by atoms with Gasteiger partial charge in [-0.15, -0.1) is 11.6 Å². The Morgan fingerprint density at radius 3 is 2.79 bits per heavy atom. The van der Waals surface area contributed by atoms with E-state index in [1.165, 1.54) is 0 Å². The fraction of sp³-hybridized carbons (Fsp3) is 0.364. The Labute approximate surface area is 97.6 Å². The lowest BCUT2D eigenvalue weighted by Gasteiger charge is -2.06. The first-order chi connectivity index (χ1) is 6.69. The SMILES string of the molecule is CCc1cc(Br)ccc1C(=O)CCCl. The Hall–Kier alpha value is -0.340. The zero-order valence-corrected chi connectivity index (χ0v) is 10.4. The van der Waals surface area contributed by atoms with Crippen molar-refractivity contribution < 1.29 is 4.79 Å². The Morgan fingerprint density at radius 1 is 1.50 bits per heavy atom. The highest BCUT2D eigenvalue weighted by Gasteiger charge is 2.09. The normalized spacial score (nSPS) is 10.2. The second-order valence-electron chi connectivity index (χ2n) is 3.02. The average molecular weight is 276 g/mol. The zero-order valence-electron chi connectivity index (χ0n) is 8.02. The molecule has 0 atom stereocenters. The fourth-order valence-corrected chi connectivity index (χ4v) is 1.93. The summed E-state index contributed by atoms with van der Waals surface area (Å²) >= 11 is 8.93. The fourth-order valence-electron chi connectivity index (χ4n) is 1.35. The number of aryl methyl sites for hydroxylation is 1. The van der Waals surface area contributed by atoms with Gasteiger partial charge in [-0.3, -0.25) is 4.79 Å². The van der Waals surface area contributed by atoms with Crippen LogP contribution in [0.4, 0.5) is 0 Å². The highest BCUT2D eigenvalue weighted by atomic mass is 79.9. The van der Waals surface area contributed by atoms with Crippen LogP contribution in [0.1, 0.15) is 29.3 Å². The van der Waals surface area contributed by atoms with Crippen LogP contribution in [0.2, 0.25) is 0 Å². The van der Waals surface area contributed by atoms with E-state index in [0.29, 0.717) is 12.3 Å². The van der Waals surface area contributed by atoms with Gasteiger partial charge in [-0.2, -0.15) is 0 Å². The summed E-state index contributed by atoms with van der Waals surface area (Å²) in [5.41, 5.74) is 1.88. The molecule has 0 unspecified atom stereocenters. The van der Waals surface area contributed by atoms with Crippen LogP contribution in [-0.4, -0.2) is 11.7 Å². The minimum absolute atomic E-state index is 0.129. The molecule has 0 aliphatic carbocycles. The van der Waals surface area contributed by atoms with Crippen LogP contribution in [0.5, 0.6) is 0 Å². The molecule has 3 heteroatoms. The molecule has 0 aliphatic heterocycles. The molecule has 0 amide bonds. The van der Waals surface area contributed by atoms with Crippen LogP contribution in [0, 0.1) is 0 Å². The molecule has 0 N–H and O–H groups in total. The number of ketones is 1. The maximum absolute atomic E-state index is 11.6. The van der Waals surface area contributed by atoms with Gasteiger partial charge in [0, 0.05) is 22.3 Å². The maximum atomic E-state index is 11.6. The van der Waals surface area contributed by atoms with E-state index in [0.717, 1.165) is 22.0 Å². The van der Waals surface area contributed by atoms with E-state index in [1.54, 1.807) is 0 Å². The van der Waals surface area contributed by atoms with Crippen LogP contribution in [0.3, 0.4) is 0 Å². The van der Waals surface area contributed by atoms with E-state index in [1.807, 2.05) is 25.1 Å². The van der Waals surface area contributed by atoms with E-state index >= 15 is 0 Å². The van der Waals surface area contributed by atoms with Gasteiger partial charge in [0.05, 0.1) is 0 Å². The summed E-state index contributed by atoms with van der Waals surface area (Å²) in [5, 5.41) is 0. The molecule has 0 spiro atoms. The molecule has 0 fully saturated rings. The Morgan fingerprint density at radius 2 is 2.21 bits per heavy atom. The largest absolute Gasteiger partial charge is 0.294 e. The Bertz CT molecular complexity index is 336. The maximum Gasteiger partial charge on any atom is 0.164 e. The Balaban J connectivity index is 3.01. The van der Waals surface area contributed by atoms with E-state index in [-0.39, 0.29) is 5.78 Å². The molecule has 0 radical (unpaired) electrons. The second kappa shape index (κ2) is 5.52. The van der Waals surface area contributed by atoms with Crippen LogP contribution in [-0.2, 0) is 6.42 Å². The van der Waals surface area contributed by atoms with Gasteiger partial charge >= 0.3 is 0 Å². The molecule has 1 nitrogen and oxygen atoms in total. The second-order valence-corrected chi connectivity index (χ2v) is 4.31. The highest BCUT2D eigenvalue weighted by molar-refractivity contribution is 9.10. The average Bonchev–Trinajstić information content (AvgIpc) is 2.17. The molecular formula is C11H12BrClO. The van der Waals surface area contributed by atoms with Crippen molar-refractivity contribution in [1.29, 1.82) is 0 Å². The molecular weight excluding hydrogens is 263 g/mol. The van der Waals surface area contributed by atoms with Crippen LogP contribution < -0.4 is 0 Å². The van der Waals surface area contributed by atoms with E-state index in [9.17, 15) is 4.79 Å². The molecule has 0 saturated heterocycles. The molecule has 0 aliphatic rings. The summed E-state index contributed by atoms with van der Waals surface area (Å²) in [5.74, 6) is 0.516. The first kappa shape index (κ1) is 11.7. The van der Waals surface area contributed by atoms with Gasteiger partial charge in [-0.25, -0.2) is 0 Å². The number of hydrogen-bond donors (Lipinski definition) is 0. The van der Waals surface area contributed by atoms with Crippen molar-refractivity contribution >= 4 is 33.3 Å². The quantitative estimate of drug-likeness (QED) is 0.603. The van der Waals surface area contributed by atoms with Crippen LogP contribution >= 0.6 is 27.5 Å². The molecule has 0 bridgehead atoms. The van der Waals surface area contributed by atoms with Crippen molar-refractivity contribution in [2.75, 3.05) is 5.88 Å². The van der Waals surface area contributed by atoms with Crippen molar-refractivity contribution in [3.05, 3.63) is 33.8 Å². The lowest BCUT2D eigenvalue weighted by atomic mass is 10.0. The molecule has 1 rings (SSSR count). The molecule has 76 valence electrons. The van der Waals surface area contributed by atoms with Crippen LogP contribution in [0.15, 0.2) is 22.7 Å². The number of Topliss-reactive ketones (excluding diaryl/α,β-unsaturated/α-hetero) is 1. The third-order valence-corrected chi connectivity index (χ3v) is 2.75. The molecule has 1 aromatic carbocycles. The van der Waals surface area contributed by atoms with Crippen molar-refractivity contribution in [3.8, 4) is 0 Å². The monoisotopic (exact) mass is 274 g/mol. The molecule has 0 heterocycles. The predicted molar refractivity (Wildman–Crippen MR) is 63.2 cm³/mol.